The van der Waals surface area contributed by atoms with Crippen LogP contribution in [0.2, 0.25) is 0 Å². The van der Waals surface area contributed by atoms with Gasteiger partial charge < -0.3 is 0 Å². The third kappa shape index (κ3) is 2.16. The number of ketones is 2. The Morgan fingerprint density at radius 2 is 1.64 bits per heavy atom. The monoisotopic (exact) mass is 378 g/mol. The fourth-order valence-electron chi connectivity index (χ4n) is 8.76. The molecule has 0 bridgehead atoms. The van der Waals surface area contributed by atoms with Gasteiger partial charge in [-0.15, -0.1) is 0 Å². The molecule has 5 aliphatic carbocycles. The first kappa shape index (κ1) is 18.4. The number of rotatable bonds is 0. The van der Waals surface area contributed by atoms with E-state index in [-0.39, 0.29) is 29.8 Å². The van der Waals surface area contributed by atoms with E-state index in [9.17, 15) is 20.1 Å². The first-order valence-electron chi connectivity index (χ1n) is 11.4. The van der Waals surface area contributed by atoms with Gasteiger partial charge in [0.25, 0.3) is 0 Å². The molecule has 28 heavy (non-hydrogen) atoms. The van der Waals surface area contributed by atoms with Crippen LogP contribution in [0.3, 0.4) is 0 Å². The number of carbonyl (C=O) groups excluding carboxylic acids is 2. The van der Waals surface area contributed by atoms with Gasteiger partial charge in [-0.05, 0) is 80.5 Å². The van der Waals surface area contributed by atoms with E-state index in [0.29, 0.717) is 24.7 Å². The lowest BCUT2D eigenvalue weighted by Gasteiger charge is -2.62. The number of Topliss-reactive ketones (excluding diaryl/α,β-unsaturated/α-hetero) is 2. The molecule has 0 heterocycles. The van der Waals surface area contributed by atoms with E-state index in [4.69, 9.17) is 0 Å². The van der Waals surface area contributed by atoms with Crippen molar-refractivity contribution in [3.05, 3.63) is 0 Å². The molecule has 0 radical (unpaired) electrons. The number of nitriles is 2. The molecule has 0 aromatic heterocycles. The van der Waals surface area contributed by atoms with E-state index in [1.807, 2.05) is 0 Å². The summed E-state index contributed by atoms with van der Waals surface area (Å²) < 4.78 is 0. The molecule has 5 saturated carbocycles. The summed E-state index contributed by atoms with van der Waals surface area (Å²) in [5, 5.41) is 20.8. The summed E-state index contributed by atoms with van der Waals surface area (Å²) in [6.07, 6.45) is 11.4. The lowest BCUT2D eigenvalue weighted by molar-refractivity contribution is -0.166. The van der Waals surface area contributed by atoms with Crippen molar-refractivity contribution in [1.29, 1.82) is 10.5 Å². The topological polar surface area (TPSA) is 81.7 Å². The van der Waals surface area contributed by atoms with Crippen molar-refractivity contribution in [3.63, 3.8) is 0 Å². The average Bonchev–Trinajstić information content (AvgIpc) is 2.72. The fourth-order valence-corrected chi connectivity index (χ4v) is 8.76. The van der Waals surface area contributed by atoms with Gasteiger partial charge in [-0.3, -0.25) is 9.59 Å². The molecule has 0 aromatic carbocycles. The maximum atomic E-state index is 13.2. The van der Waals surface area contributed by atoms with Gasteiger partial charge in [0.15, 0.2) is 5.78 Å². The number of fused-ring (bicyclic) bond motifs is 7. The van der Waals surface area contributed by atoms with E-state index < -0.39 is 10.8 Å². The Morgan fingerprint density at radius 3 is 2.43 bits per heavy atom. The molecule has 8 unspecified atom stereocenters. The molecule has 0 saturated heterocycles. The number of hydrogen-bond donors (Lipinski definition) is 0. The number of carbonyl (C=O) groups is 2. The van der Waals surface area contributed by atoms with Crippen molar-refractivity contribution in [2.24, 2.45) is 46.3 Å². The second-order valence-electron chi connectivity index (χ2n) is 10.4. The molecule has 8 atom stereocenters. The molecule has 0 spiro atoms. The van der Waals surface area contributed by atoms with Gasteiger partial charge in [0.05, 0.1) is 24.0 Å². The van der Waals surface area contributed by atoms with Crippen molar-refractivity contribution in [2.45, 2.75) is 77.0 Å². The molecule has 5 aliphatic rings. The third-order valence-corrected chi connectivity index (χ3v) is 9.75. The molecule has 0 N–H and O–H groups in total. The molecule has 5 rings (SSSR count). The van der Waals surface area contributed by atoms with Crippen LogP contribution in [0.25, 0.3) is 0 Å². The van der Waals surface area contributed by atoms with Crippen LogP contribution in [0.15, 0.2) is 0 Å². The Bertz CT molecular complexity index is 791. The van der Waals surface area contributed by atoms with Crippen LogP contribution >= 0.6 is 0 Å². The van der Waals surface area contributed by atoms with Crippen LogP contribution in [-0.2, 0) is 9.59 Å². The minimum absolute atomic E-state index is 0.0381. The maximum absolute atomic E-state index is 13.2. The smallest absolute Gasteiger partial charge is 0.162 e. The summed E-state index contributed by atoms with van der Waals surface area (Å²) in [5.74, 6) is 2.46. The Labute approximate surface area is 167 Å². The van der Waals surface area contributed by atoms with Crippen molar-refractivity contribution < 1.29 is 9.59 Å². The lowest BCUT2D eigenvalue weighted by Crippen LogP contribution is -2.64. The van der Waals surface area contributed by atoms with Crippen LogP contribution in [0.1, 0.15) is 77.0 Å². The highest BCUT2D eigenvalue weighted by atomic mass is 16.2. The predicted octanol–water partition coefficient (Wildman–Crippen LogP) is 4.59. The minimum Gasteiger partial charge on any atom is -0.299 e. The summed E-state index contributed by atoms with van der Waals surface area (Å²) in [5.41, 5.74) is -2.11. The zero-order valence-corrected chi connectivity index (χ0v) is 16.7. The van der Waals surface area contributed by atoms with E-state index in [0.717, 1.165) is 31.1 Å². The van der Waals surface area contributed by atoms with E-state index in [1.54, 1.807) is 0 Å². The zero-order valence-electron chi connectivity index (χ0n) is 16.7. The molecule has 0 amide bonds. The van der Waals surface area contributed by atoms with Gasteiger partial charge in [-0.25, -0.2) is 0 Å². The highest BCUT2D eigenvalue weighted by Crippen LogP contribution is 2.69. The number of hydrogen-bond acceptors (Lipinski definition) is 4. The van der Waals surface area contributed by atoms with E-state index in [2.05, 4.69) is 12.1 Å². The third-order valence-electron chi connectivity index (χ3n) is 9.75. The molecule has 5 fully saturated rings. The van der Waals surface area contributed by atoms with Gasteiger partial charge in [0.1, 0.15) is 11.2 Å². The predicted molar refractivity (Wildman–Crippen MR) is 102 cm³/mol. The van der Waals surface area contributed by atoms with Gasteiger partial charge in [-0.1, -0.05) is 19.3 Å². The van der Waals surface area contributed by atoms with Gasteiger partial charge in [0, 0.05) is 6.42 Å². The van der Waals surface area contributed by atoms with Crippen molar-refractivity contribution in [2.75, 3.05) is 0 Å². The Kier molecular flexibility index (Phi) is 4.20. The average molecular weight is 379 g/mol. The van der Waals surface area contributed by atoms with E-state index in [1.165, 1.54) is 38.5 Å². The van der Waals surface area contributed by atoms with Crippen LogP contribution < -0.4 is 0 Å². The molecular weight excluding hydrogens is 348 g/mol. The van der Waals surface area contributed by atoms with Gasteiger partial charge >= 0.3 is 0 Å². The van der Waals surface area contributed by atoms with Crippen LogP contribution in [0.4, 0.5) is 0 Å². The maximum Gasteiger partial charge on any atom is 0.162 e. The SMILES string of the molecule is N#CC12CCC3C4CCCCC4CCC3C1CCC1CC(=O)CC(=O)C12C#N. The summed E-state index contributed by atoms with van der Waals surface area (Å²) in [6, 6.07) is 5.01. The molecule has 0 aromatic rings. The van der Waals surface area contributed by atoms with Crippen LogP contribution in [0, 0.1) is 69.0 Å². The molecule has 4 nitrogen and oxygen atoms in total. The van der Waals surface area contributed by atoms with Gasteiger partial charge in [0.2, 0.25) is 0 Å². The summed E-state index contributed by atoms with van der Waals surface area (Å²) in [7, 11) is 0. The second kappa shape index (κ2) is 6.41. The van der Waals surface area contributed by atoms with Crippen LogP contribution in [0.5, 0.6) is 0 Å². The largest absolute Gasteiger partial charge is 0.299 e. The second-order valence-corrected chi connectivity index (χ2v) is 10.4. The summed E-state index contributed by atoms with van der Waals surface area (Å²) >= 11 is 0. The molecule has 0 aliphatic heterocycles. The standard InChI is InChI=1S/C24H30N2O2/c25-13-23-10-9-19-18-4-2-1-3-15(18)5-7-20(19)21(23)8-6-16-11-17(27)12-22(28)24(16,23)14-26/h15-16,18-21H,1-12H2. The summed E-state index contributed by atoms with van der Waals surface area (Å²) in [4.78, 5) is 25.3. The molecule has 4 heteroatoms. The first-order chi connectivity index (χ1) is 13.6. The summed E-state index contributed by atoms with van der Waals surface area (Å²) in [6.45, 7) is 0. The quantitative estimate of drug-likeness (QED) is 0.577. The Hall–Kier alpha value is -1.68. The molecule has 148 valence electrons. The Morgan fingerprint density at radius 1 is 0.821 bits per heavy atom. The fraction of sp³-hybridized carbons (Fsp3) is 0.833. The number of nitrogens with zero attached hydrogens (tertiary/aromatic N) is 2. The normalized spacial score (nSPS) is 50.2. The lowest BCUT2D eigenvalue weighted by atomic mass is 9.37. The van der Waals surface area contributed by atoms with Crippen molar-refractivity contribution in [1.82, 2.24) is 0 Å². The zero-order chi connectivity index (χ0) is 19.5. The Balaban J connectivity index is 1.56. The highest BCUT2D eigenvalue weighted by molar-refractivity contribution is 6.06. The van der Waals surface area contributed by atoms with Crippen molar-refractivity contribution >= 4 is 11.6 Å². The van der Waals surface area contributed by atoms with Crippen LogP contribution in [-0.4, -0.2) is 11.6 Å². The van der Waals surface area contributed by atoms with E-state index >= 15 is 0 Å². The highest BCUT2D eigenvalue weighted by Gasteiger charge is 2.71. The van der Waals surface area contributed by atoms with Crippen molar-refractivity contribution in [3.8, 4) is 12.1 Å². The molecular formula is C24H30N2O2. The van der Waals surface area contributed by atoms with Gasteiger partial charge in [-0.2, -0.15) is 10.5 Å². The minimum atomic E-state index is -1.24. The first-order valence-corrected chi connectivity index (χ1v) is 11.4.